The molecule has 0 bridgehead atoms. The van der Waals surface area contributed by atoms with E-state index in [9.17, 15) is 9.18 Å². The van der Waals surface area contributed by atoms with E-state index < -0.39 is 0 Å². The van der Waals surface area contributed by atoms with Crippen LogP contribution in [-0.2, 0) is 16.0 Å². The second-order valence-corrected chi connectivity index (χ2v) is 7.96. The van der Waals surface area contributed by atoms with Gasteiger partial charge in [0.2, 0.25) is 5.91 Å². The minimum absolute atomic E-state index is 0.0701. The van der Waals surface area contributed by atoms with E-state index in [1.54, 1.807) is 6.07 Å². The molecule has 0 saturated carbocycles. The first kappa shape index (κ1) is 19.1. The Bertz CT molecular complexity index is 829. The number of likely N-dealkylation sites (tertiary alicyclic amines) is 1. The minimum Gasteiger partial charge on any atom is -0.381 e. The van der Waals surface area contributed by atoms with E-state index in [0.717, 1.165) is 62.5 Å². The van der Waals surface area contributed by atoms with Crippen LogP contribution in [-0.4, -0.2) is 46.7 Å². The summed E-state index contributed by atoms with van der Waals surface area (Å²) in [6.07, 6.45) is 6.25. The van der Waals surface area contributed by atoms with Crippen molar-refractivity contribution < 1.29 is 13.9 Å². The molecule has 2 aromatic rings. The van der Waals surface area contributed by atoms with Crippen LogP contribution < -0.4 is 0 Å². The summed E-state index contributed by atoms with van der Waals surface area (Å²) in [6.45, 7) is 5.15. The van der Waals surface area contributed by atoms with Gasteiger partial charge in [-0.1, -0.05) is 12.1 Å². The van der Waals surface area contributed by atoms with Crippen molar-refractivity contribution in [2.45, 2.75) is 51.0 Å². The number of amides is 1. The van der Waals surface area contributed by atoms with Crippen molar-refractivity contribution in [2.75, 3.05) is 26.3 Å². The molecule has 1 aromatic heterocycles. The van der Waals surface area contributed by atoms with Crippen molar-refractivity contribution in [1.82, 2.24) is 14.5 Å². The van der Waals surface area contributed by atoms with Crippen LogP contribution >= 0.6 is 0 Å². The zero-order chi connectivity index (χ0) is 19.5. The number of imidazole rings is 1. The number of piperidine rings is 1. The molecule has 1 amide bonds. The molecule has 4 rings (SSSR count). The number of aromatic nitrogens is 2. The molecule has 1 unspecified atom stereocenters. The lowest BCUT2D eigenvalue weighted by atomic mass is 9.97. The molecule has 5 nitrogen and oxygen atoms in total. The summed E-state index contributed by atoms with van der Waals surface area (Å²) in [5, 5.41) is 0. The molecule has 2 saturated heterocycles. The van der Waals surface area contributed by atoms with Gasteiger partial charge in [0.25, 0.3) is 0 Å². The van der Waals surface area contributed by atoms with Crippen molar-refractivity contribution >= 4 is 5.91 Å². The van der Waals surface area contributed by atoms with E-state index >= 15 is 0 Å². The SMILES string of the molecule is Cc1cnc(C2CCOCC2)n1C1CCCN(C(=O)Cc2cccc(F)c2)C1. The number of nitrogens with zero attached hydrogens (tertiary/aromatic N) is 3. The summed E-state index contributed by atoms with van der Waals surface area (Å²) in [6, 6.07) is 6.58. The fraction of sp³-hybridized carbons (Fsp3) is 0.545. The average Bonchev–Trinajstić information content (AvgIpc) is 3.10. The number of hydrogen-bond acceptors (Lipinski definition) is 3. The predicted octanol–water partition coefficient (Wildman–Crippen LogP) is 3.63. The second kappa shape index (κ2) is 8.43. The molecule has 0 spiro atoms. The first-order valence-electron chi connectivity index (χ1n) is 10.3. The van der Waals surface area contributed by atoms with Crippen LogP contribution in [0.1, 0.15) is 54.7 Å². The topological polar surface area (TPSA) is 47.4 Å². The maximum absolute atomic E-state index is 13.4. The number of hydrogen-bond donors (Lipinski definition) is 0. The van der Waals surface area contributed by atoms with Crippen LogP contribution in [0.5, 0.6) is 0 Å². The van der Waals surface area contributed by atoms with Crippen molar-refractivity contribution in [2.24, 2.45) is 0 Å². The third-order valence-electron chi connectivity index (χ3n) is 5.96. The average molecular weight is 385 g/mol. The molecule has 1 atom stereocenters. The summed E-state index contributed by atoms with van der Waals surface area (Å²) >= 11 is 0. The highest BCUT2D eigenvalue weighted by Gasteiger charge is 2.30. The van der Waals surface area contributed by atoms with Crippen molar-refractivity contribution in [3.8, 4) is 0 Å². The number of carbonyl (C=O) groups excluding carboxylic acids is 1. The summed E-state index contributed by atoms with van der Waals surface area (Å²) in [4.78, 5) is 19.5. The van der Waals surface area contributed by atoms with Gasteiger partial charge in [0.15, 0.2) is 0 Å². The molecule has 3 heterocycles. The highest BCUT2D eigenvalue weighted by Crippen LogP contribution is 2.32. The van der Waals surface area contributed by atoms with Crippen LogP contribution in [0.3, 0.4) is 0 Å². The van der Waals surface area contributed by atoms with Crippen molar-refractivity contribution in [3.63, 3.8) is 0 Å². The molecule has 0 N–H and O–H groups in total. The van der Waals surface area contributed by atoms with Gasteiger partial charge < -0.3 is 14.2 Å². The molecule has 2 aliphatic heterocycles. The van der Waals surface area contributed by atoms with E-state index in [1.807, 2.05) is 17.2 Å². The fourth-order valence-corrected chi connectivity index (χ4v) is 4.52. The molecule has 0 aliphatic carbocycles. The van der Waals surface area contributed by atoms with Gasteiger partial charge in [-0.15, -0.1) is 0 Å². The van der Waals surface area contributed by atoms with E-state index in [0.29, 0.717) is 12.5 Å². The molecule has 0 radical (unpaired) electrons. The number of rotatable bonds is 4. The molecule has 150 valence electrons. The van der Waals surface area contributed by atoms with E-state index in [2.05, 4.69) is 11.5 Å². The Kier molecular flexibility index (Phi) is 5.76. The summed E-state index contributed by atoms with van der Waals surface area (Å²) < 4.78 is 21.3. The molecule has 28 heavy (non-hydrogen) atoms. The van der Waals surface area contributed by atoms with E-state index in [-0.39, 0.29) is 24.2 Å². The first-order valence-corrected chi connectivity index (χ1v) is 10.3. The zero-order valence-electron chi connectivity index (χ0n) is 16.4. The Labute approximate surface area is 165 Å². The molecule has 2 fully saturated rings. The Morgan fingerprint density at radius 2 is 2.11 bits per heavy atom. The molecule has 1 aromatic carbocycles. The fourth-order valence-electron chi connectivity index (χ4n) is 4.52. The third-order valence-corrected chi connectivity index (χ3v) is 5.96. The van der Waals surface area contributed by atoms with Gasteiger partial charge in [-0.3, -0.25) is 4.79 Å². The van der Waals surface area contributed by atoms with Gasteiger partial charge in [-0.2, -0.15) is 0 Å². The van der Waals surface area contributed by atoms with Gasteiger partial charge in [0, 0.05) is 44.1 Å². The largest absolute Gasteiger partial charge is 0.381 e. The summed E-state index contributed by atoms with van der Waals surface area (Å²) in [7, 11) is 0. The standard InChI is InChI=1S/C22H28FN3O2/c1-16-14-24-22(18-7-10-28-11-8-18)26(16)20-6-3-9-25(15-20)21(27)13-17-4-2-5-19(23)12-17/h2,4-5,12,14,18,20H,3,6-11,13,15H2,1H3. The highest BCUT2D eigenvalue weighted by atomic mass is 19.1. The molecular weight excluding hydrogens is 357 g/mol. The van der Waals surface area contributed by atoms with Crippen molar-refractivity contribution in [3.05, 3.63) is 53.4 Å². The highest BCUT2D eigenvalue weighted by molar-refractivity contribution is 5.78. The minimum atomic E-state index is -0.294. The van der Waals surface area contributed by atoms with E-state index in [1.165, 1.54) is 12.1 Å². The maximum atomic E-state index is 13.4. The number of benzene rings is 1. The summed E-state index contributed by atoms with van der Waals surface area (Å²) in [5.41, 5.74) is 1.89. The molecule has 2 aliphatic rings. The lowest BCUT2D eigenvalue weighted by Gasteiger charge is -2.36. The van der Waals surface area contributed by atoms with Crippen LogP contribution in [0, 0.1) is 12.7 Å². The normalized spacial score (nSPS) is 21.1. The molecular formula is C22H28FN3O2. The Morgan fingerprint density at radius 3 is 2.89 bits per heavy atom. The van der Waals surface area contributed by atoms with Gasteiger partial charge >= 0.3 is 0 Å². The Balaban J connectivity index is 1.48. The monoisotopic (exact) mass is 385 g/mol. The van der Waals surface area contributed by atoms with E-state index in [4.69, 9.17) is 9.72 Å². The Morgan fingerprint density at radius 1 is 1.29 bits per heavy atom. The van der Waals surface area contributed by atoms with Crippen LogP contribution in [0.25, 0.3) is 0 Å². The van der Waals surface area contributed by atoms with Crippen LogP contribution in [0.2, 0.25) is 0 Å². The van der Waals surface area contributed by atoms with Gasteiger partial charge in [-0.05, 0) is 50.3 Å². The van der Waals surface area contributed by atoms with Gasteiger partial charge in [0.1, 0.15) is 11.6 Å². The van der Waals surface area contributed by atoms with Gasteiger partial charge in [0.05, 0.1) is 12.5 Å². The second-order valence-electron chi connectivity index (χ2n) is 7.96. The zero-order valence-corrected chi connectivity index (χ0v) is 16.4. The molecule has 6 heteroatoms. The predicted molar refractivity (Wildman–Crippen MR) is 105 cm³/mol. The number of halogens is 1. The van der Waals surface area contributed by atoms with Crippen molar-refractivity contribution in [1.29, 1.82) is 0 Å². The first-order chi connectivity index (χ1) is 13.6. The number of aryl methyl sites for hydroxylation is 1. The Hall–Kier alpha value is -2.21. The lowest BCUT2D eigenvalue weighted by Crippen LogP contribution is -2.42. The summed E-state index contributed by atoms with van der Waals surface area (Å²) in [5.74, 6) is 1.35. The quantitative estimate of drug-likeness (QED) is 0.807. The van der Waals surface area contributed by atoms with Crippen LogP contribution in [0.15, 0.2) is 30.5 Å². The third kappa shape index (κ3) is 4.12. The number of carbonyl (C=O) groups is 1. The number of ether oxygens (including phenoxy) is 1. The van der Waals surface area contributed by atoms with Crippen LogP contribution in [0.4, 0.5) is 4.39 Å². The lowest BCUT2D eigenvalue weighted by molar-refractivity contribution is -0.132. The smallest absolute Gasteiger partial charge is 0.227 e. The maximum Gasteiger partial charge on any atom is 0.227 e. The van der Waals surface area contributed by atoms with Gasteiger partial charge in [-0.25, -0.2) is 9.37 Å².